The van der Waals surface area contributed by atoms with Gasteiger partial charge in [-0.25, -0.2) is 4.39 Å². The molecule has 0 aliphatic rings. The van der Waals surface area contributed by atoms with Gasteiger partial charge in [-0.1, -0.05) is 18.2 Å². The molecule has 2 aromatic carbocycles. The maximum Gasteiger partial charge on any atom is 0.148 e. The van der Waals surface area contributed by atoms with Crippen LogP contribution in [0.2, 0.25) is 0 Å². The van der Waals surface area contributed by atoms with Crippen molar-refractivity contribution in [1.29, 1.82) is 0 Å². The van der Waals surface area contributed by atoms with Crippen LogP contribution in [0.4, 0.5) is 21.5 Å². The minimum Gasteiger partial charge on any atom is -0.397 e. The van der Waals surface area contributed by atoms with E-state index in [9.17, 15) is 4.39 Å². The highest BCUT2D eigenvalue weighted by Gasteiger charge is 2.07. The fourth-order valence-corrected chi connectivity index (χ4v) is 1.75. The van der Waals surface area contributed by atoms with Crippen molar-refractivity contribution < 1.29 is 4.39 Å². The van der Waals surface area contributed by atoms with Crippen molar-refractivity contribution in [2.75, 3.05) is 11.1 Å². The van der Waals surface area contributed by atoms with E-state index in [0.29, 0.717) is 11.4 Å². The van der Waals surface area contributed by atoms with Crippen molar-refractivity contribution in [3.8, 4) is 0 Å². The highest BCUT2D eigenvalue weighted by molar-refractivity contribution is 9.10. The Labute approximate surface area is 101 Å². The zero-order chi connectivity index (χ0) is 11.5. The number of nitrogen functional groups attached to an aromatic ring is 1. The van der Waals surface area contributed by atoms with Gasteiger partial charge in [0.2, 0.25) is 0 Å². The number of hydrogen-bond donors (Lipinski definition) is 2. The summed E-state index contributed by atoms with van der Waals surface area (Å²) in [7, 11) is 0. The number of rotatable bonds is 2. The van der Waals surface area contributed by atoms with Crippen molar-refractivity contribution in [1.82, 2.24) is 0 Å². The lowest BCUT2D eigenvalue weighted by atomic mass is 10.2. The molecule has 0 aromatic heterocycles. The normalized spacial score (nSPS) is 10.1. The monoisotopic (exact) mass is 280 g/mol. The van der Waals surface area contributed by atoms with Gasteiger partial charge in [0.15, 0.2) is 0 Å². The van der Waals surface area contributed by atoms with E-state index in [2.05, 4.69) is 21.2 Å². The first-order valence-electron chi connectivity index (χ1n) is 4.74. The van der Waals surface area contributed by atoms with Crippen molar-refractivity contribution in [3.05, 3.63) is 52.8 Å². The van der Waals surface area contributed by atoms with Gasteiger partial charge in [-0.3, -0.25) is 0 Å². The van der Waals surface area contributed by atoms with Crippen LogP contribution >= 0.6 is 15.9 Å². The number of para-hydroxylation sites is 2. The Kier molecular flexibility index (Phi) is 3.10. The zero-order valence-corrected chi connectivity index (χ0v) is 9.96. The highest BCUT2D eigenvalue weighted by Crippen LogP contribution is 2.30. The average Bonchev–Trinajstić information content (AvgIpc) is 2.26. The molecule has 0 bridgehead atoms. The van der Waals surface area contributed by atoms with Gasteiger partial charge in [0, 0.05) is 4.47 Å². The van der Waals surface area contributed by atoms with Gasteiger partial charge in [0.1, 0.15) is 5.82 Å². The predicted molar refractivity (Wildman–Crippen MR) is 68.2 cm³/mol. The molecule has 0 radical (unpaired) electrons. The van der Waals surface area contributed by atoms with E-state index < -0.39 is 0 Å². The summed E-state index contributed by atoms with van der Waals surface area (Å²) in [6.07, 6.45) is 0. The molecule has 0 saturated carbocycles. The van der Waals surface area contributed by atoms with Gasteiger partial charge in [0.05, 0.1) is 17.1 Å². The number of halogens is 2. The summed E-state index contributed by atoms with van der Waals surface area (Å²) in [6.45, 7) is 0. The van der Waals surface area contributed by atoms with Crippen LogP contribution in [0.5, 0.6) is 0 Å². The van der Waals surface area contributed by atoms with E-state index in [0.717, 1.165) is 10.2 Å². The average molecular weight is 281 g/mol. The summed E-state index contributed by atoms with van der Waals surface area (Å²) in [4.78, 5) is 0. The largest absolute Gasteiger partial charge is 0.397 e. The third-order valence-corrected chi connectivity index (χ3v) is 2.87. The van der Waals surface area contributed by atoms with Crippen LogP contribution < -0.4 is 11.1 Å². The molecular formula is C12H10BrFN2. The molecule has 0 atom stereocenters. The van der Waals surface area contributed by atoms with Crippen LogP contribution in [0, 0.1) is 5.82 Å². The lowest BCUT2D eigenvalue weighted by molar-refractivity contribution is 0.632. The Morgan fingerprint density at radius 3 is 2.50 bits per heavy atom. The molecule has 4 heteroatoms. The number of anilines is 3. The summed E-state index contributed by atoms with van der Waals surface area (Å²) in [5.74, 6) is -0.365. The molecule has 0 spiro atoms. The van der Waals surface area contributed by atoms with E-state index in [1.165, 1.54) is 6.07 Å². The van der Waals surface area contributed by atoms with Crippen molar-refractivity contribution in [2.24, 2.45) is 0 Å². The molecule has 0 aliphatic heterocycles. The number of nitrogens with two attached hydrogens (primary N) is 1. The molecule has 2 nitrogen and oxygen atoms in total. The molecule has 0 heterocycles. The third kappa shape index (κ3) is 2.17. The summed E-state index contributed by atoms with van der Waals surface area (Å²) in [5, 5.41) is 2.96. The van der Waals surface area contributed by atoms with Gasteiger partial charge in [0.25, 0.3) is 0 Å². The Hall–Kier alpha value is -1.55. The molecular weight excluding hydrogens is 271 g/mol. The SMILES string of the molecule is Nc1cccc(F)c1Nc1ccccc1Br. The Morgan fingerprint density at radius 2 is 1.81 bits per heavy atom. The van der Waals surface area contributed by atoms with Crippen molar-refractivity contribution in [2.45, 2.75) is 0 Å². The first-order chi connectivity index (χ1) is 7.68. The van der Waals surface area contributed by atoms with Gasteiger partial charge in [-0.05, 0) is 40.2 Å². The second-order valence-electron chi connectivity index (χ2n) is 3.31. The standard InChI is InChI=1S/C12H10BrFN2/c13-8-4-1-2-7-11(8)16-12-9(14)5-3-6-10(12)15/h1-7,16H,15H2. The lowest BCUT2D eigenvalue weighted by Gasteiger charge is -2.11. The maximum atomic E-state index is 13.5. The minimum absolute atomic E-state index is 0.300. The van der Waals surface area contributed by atoms with Crippen LogP contribution in [-0.2, 0) is 0 Å². The molecule has 0 amide bonds. The van der Waals surface area contributed by atoms with Crippen LogP contribution in [-0.4, -0.2) is 0 Å². The lowest BCUT2D eigenvalue weighted by Crippen LogP contribution is -1.99. The molecule has 0 fully saturated rings. The van der Waals surface area contributed by atoms with E-state index in [1.807, 2.05) is 24.3 Å². The Morgan fingerprint density at radius 1 is 1.06 bits per heavy atom. The van der Waals surface area contributed by atoms with E-state index in [4.69, 9.17) is 5.73 Å². The van der Waals surface area contributed by atoms with Crippen molar-refractivity contribution >= 4 is 33.0 Å². The smallest absolute Gasteiger partial charge is 0.148 e. The molecule has 82 valence electrons. The van der Waals surface area contributed by atoms with E-state index in [1.54, 1.807) is 12.1 Å². The molecule has 0 unspecified atom stereocenters. The van der Waals surface area contributed by atoms with Crippen LogP contribution in [0.25, 0.3) is 0 Å². The summed E-state index contributed by atoms with van der Waals surface area (Å²) in [5.41, 5.74) is 7.16. The second kappa shape index (κ2) is 4.53. The van der Waals surface area contributed by atoms with Gasteiger partial charge < -0.3 is 11.1 Å². The van der Waals surface area contributed by atoms with Gasteiger partial charge in [-0.2, -0.15) is 0 Å². The molecule has 2 aromatic rings. The van der Waals surface area contributed by atoms with E-state index in [-0.39, 0.29) is 5.82 Å². The molecule has 0 saturated heterocycles. The summed E-state index contributed by atoms with van der Waals surface area (Å²) in [6, 6.07) is 12.1. The minimum atomic E-state index is -0.365. The van der Waals surface area contributed by atoms with Crippen LogP contribution in [0.15, 0.2) is 46.9 Å². The fourth-order valence-electron chi connectivity index (χ4n) is 1.37. The number of nitrogens with one attached hydrogen (secondary N) is 1. The van der Waals surface area contributed by atoms with Gasteiger partial charge in [-0.15, -0.1) is 0 Å². The summed E-state index contributed by atoms with van der Waals surface area (Å²) >= 11 is 3.38. The highest BCUT2D eigenvalue weighted by atomic mass is 79.9. The van der Waals surface area contributed by atoms with E-state index >= 15 is 0 Å². The number of hydrogen-bond acceptors (Lipinski definition) is 2. The molecule has 0 aliphatic carbocycles. The second-order valence-corrected chi connectivity index (χ2v) is 4.16. The number of benzene rings is 2. The zero-order valence-electron chi connectivity index (χ0n) is 8.37. The first-order valence-corrected chi connectivity index (χ1v) is 5.53. The molecule has 3 N–H and O–H groups in total. The summed E-state index contributed by atoms with van der Waals surface area (Å²) < 4.78 is 14.4. The Balaban J connectivity index is 2.38. The first kappa shape index (κ1) is 11.0. The van der Waals surface area contributed by atoms with Crippen LogP contribution in [0.3, 0.4) is 0 Å². The molecule has 16 heavy (non-hydrogen) atoms. The fraction of sp³-hybridized carbons (Fsp3) is 0. The maximum absolute atomic E-state index is 13.5. The third-order valence-electron chi connectivity index (χ3n) is 2.18. The molecule has 2 rings (SSSR count). The topological polar surface area (TPSA) is 38.0 Å². The Bertz CT molecular complexity index is 494. The predicted octanol–water partition coefficient (Wildman–Crippen LogP) is 3.91. The van der Waals surface area contributed by atoms with Crippen LogP contribution in [0.1, 0.15) is 0 Å². The quantitative estimate of drug-likeness (QED) is 0.819. The van der Waals surface area contributed by atoms with Crippen molar-refractivity contribution in [3.63, 3.8) is 0 Å². The van der Waals surface area contributed by atoms with Gasteiger partial charge >= 0.3 is 0 Å².